The molecule has 0 atom stereocenters. The summed E-state index contributed by atoms with van der Waals surface area (Å²) in [5.74, 6) is 0.754. The maximum Gasteiger partial charge on any atom is 0.181 e. The molecule has 9 heteroatoms. The highest BCUT2D eigenvalue weighted by Gasteiger charge is 2.11. The Kier molecular flexibility index (Phi) is 3.70. The van der Waals surface area contributed by atoms with E-state index in [0.29, 0.717) is 28.3 Å². The van der Waals surface area contributed by atoms with Gasteiger partial charge in [0.15, 0.2) is 16.9 Å². The SMILES string of the molecule is Cc1cn(-c2ccc(COc3cc(N)nc4[nH]nnc34)c(C#N)c2)cn1. The lowest BCUT2D eigenvalue weighted by atomic mass is 10.1. The summed E-state index contributed by atoms with van der Waals surface area (Å²) >= 11 is 0. The predicted molar refractivity (Wildman–Crippen MR) is 93.4 cm³/mol. The Bertz CT molecular complexity index is 1140. The minimum Gasteiger partial charge on any atom is -0.486 e. The highest BCUT2D eigenvalue weighted by atomic mass is 16.5. The summed E-state index contributed by atoms with van der Waals surface area (Å²) in [6.07, 6.45) is 3.61. The maximum atomic E-state index is 9.49. The number of aryl methyl sites for hydroxylation is 1. The molecule has 0 amide bonds. The number of hydrogen-bond donors (Lipinski definition) is 2. The fourth-order valence-corrected chi connectivity index (χ4v) is 2.61. The van der Waals surface area contributed by atoms with Crippen LogP contribution in [0.25, 0.3) is 16.9 Å². The predicted octanol–water partition coefficient (Wildman–Crippen LogP) is 1.88. The number of H-pyrrole nitrogens is 1. The molecule has 4 rings (SSSR count). The molecule has 4 aromatic rings. The number of nitrogens with zero attached hydrogens (tertiary/aromatic N) is 6. The minimum absolute atomic E-state index is 0.192. The summed E-state index contributed by atoms with van der Waals surface area (Å²) in [4.78, 5) is 8.29. The molecule has 0 unspecified atom stereocenters. The molecule has 128 valence electrons. The van der Waals surface area contributed by atoms with Gasteiger partial charge in [-0.25, -0.2) is 15.1 Å². The minimum atomic E-state index is 0.192. The molecule has 26 heavy (non-hydrogen) atoms. The molecule has 3 heterocycles. The quantitative estimate of drug-likeness (QED) is 0.576. The standard InChI is InChI=1S/C17H14N8O/c1-10-7-25(9-20-10)13-3-2-11(12(4-13)6-18)8-26-14-5-15(19)21-17-16(14)22-24-23-17/h2-5,7,9H,8H2,1H3,(H3,19,21,22,23,24). The number of aromatic nitrogens is 6. The van der Waals surface area contributed by atoms with Gasteiger partial charge in [-0.05, 0) is 19.1 Å². The Morgan fingerprint density at radius 1 is 1.35 bits per heavy atom. The Hall–Kier alpha value is -3.93. The summed E-state index contributed by atoms with van der Waals surface area (Å²) < 4.78 is 7.69. The molecule has 0 aliphatic rings. The van der Waals surface area contributed by atoms with Crippen molar-refractivity contribution >= 4 is 17.0 Å². The lowest BCUT2D eigenvalue weighted by Gasteiger charge is -2.10. The molecule has 1 aromatic carbocycles. The second-order valence-corrected chi connectivity index (χ2v) is 5.72. The van der Waals surface area contributed by atoms with Crippen LogP contribution < -0.4 is 10.5 Å². The maximum absolute atomic E-state index is 9.49. The summed E-state index contributed by atoms with van der Waals surface area (Å²) in [7, 11) is 0. The average molecular weight is 346 g/mol. The smallest absolute Gasteiger partial charge is 0.181 e. The monoisotopic (exact) mass is 346 g/mol. The van der Waals surface area contributed by atoms with Crippen LogP contribution in [-0.4, -0.2) is 29.9 Å². The highest BCUT2D eigenvalue weighted by Crippen LogP contribution is 2.25. The lowest BCUT2D eigenvalue weighted by Crippen LogP contribution is -2.02. The van der Waals surface area contributed by atoms with Gasteiger partial charge in [0.1, 0.15) is 12.4 Å². The van der Waals surface area contributed by atoms with Gasteiger partial charge in [-0.1, -0.05) is 11.3 Å². The van der Waals surface area contributed by atoms with E-state index in [1.165, 1.54) is 0 Å². The first-order chi connectivity index (χ1) is 12.6. The van der Waals surface area contributed by atoms with E-state index >= 15 is 0 Å². The number of hydrogen-bond acceptors (Lipinski definition) is 7. The fourth-order valence-electron chi connectivity index (χ4n) is 2.61. The van der Waals surface area contributed by atoms with Gasteiger partial charge < -0.3 is 15.0 Å². The first-order valence-corrected chi connectivity index (χ1v) is 7.78. The topological polar surface area (TPSA) is 131 Å². The van der Waals surface area contributed by atoms with Crippen molar-refractivity contribution in [3.63, 3.8) is 0 Å². The molecule has 0 saturated carbocycles. The Morgan fingerprint density at radius 2 is 2.23 bits per heavy atom. The molecule has 0 bridgehead atoms. The molecule has 9 nitrogen and oxygen atoms in total. The molecular weight excluding hydrogens is 332 g/mol. The summed E-state index contributed by atoms with van der Waals surface area (Å²) in [6.45, 7) is 2.10. The van der Waals surface area contributed by atoms with Crippen molar-refractivity contribution in [3.8, 4) is 17.5 Å². The van der Waals surface area contributed by atoms with E-state index < -0.39 is 0 Å². The number of fused-ring (bicyclic) bond motifs is 1. The molecule has 0 fully saturated rings. The van der Waals surface area contributed by atoms with Gasteiger partial charge in [-0.2, -0.15) is 5.26 Å². The Labute approximate surface area is 148 Å². The van der Waals surface area contributed by atoms with Gasteiger partial charge in [0, 0.05) is 23.5 Å². The zero-order chi connectivity index (χ0) is 18.1. The third-order valence-electron chi connectivity index (χ3n) is 3.89. The number of nitriles is 1. The summed E-state index contributed by atoms with van der Waals surface area (Å²) in [5, 5.41) is 19.8. The lowest BCUT2D eigenvalue weighted by molar-refractivity contribution is 0.309. The van der Waals surface area contributed by atoms with Crippen molar-refractivity contribution in [3.05, 3.63) is 53.6 Å². The average Bonchev–Trinajstić information content (AvgIpc) is 3.28. The van der Waals surface area contributed by atoms with Crippen LogP contribution in [0.5, 0.6) is 5.75 Å². The molecular formula is C17H14N8O. The van der Waals surface area contributed by atoms with Gasteiger partial charge >= 0.3 is 0 Å². The van der Waals surface area contributed by atoms with Gasteiger partial charge in [-0.15, -0.1) is 5.10 Å². The van der Waals surface area contributed by atoms with Gasteiger partial charge in [0.2, 0.25) is 0 Å². The van der Waals surface area contributed by atoms with E-state index in [2.05, 4.69) is 31.4 Å². The van der Waals surface area contributed by atoms with E-state index in [0.717, 1.165) is 16.9 Å². The Morgan fingerprint density at radius 3 is 3.00 bits per heavy atom. The van der Waals surface area contributed by atoms with Crippen LogP contribution in [-0.2, 0) is 6.61 Å². The number of nitrogen functional groups attached to an aromatic ring is 1. The number of imidazole rings is 1. The van der Waals surface area contributed by atoms with Crippen LogP contribution in [0.3, 0.4) is 0 Å². The van der Waals surface area contributed by atoms with E-state index in [-0.39, 0.29) is 6.61 Å². The number of nitrogens with one attached hydrogen (secondary N) is 1. The van der Waals surface area contributed by atoms with Crippen LogP contribution in [0, 0.1) is 18.3 Å². The van der Waals surface area contributed by atoms with E-state index in [4.69, 9.17) is 10.5 Å². The van der Waals surface area contributed by atoms with Crippen molar-refractivity contribution in [2.45, 2.75) is 13.5 Å². The molecule has 0 aliphatic carbocycles. The zero-order valence-corrected chi connectivity index (χ0v) is 13.8. The second kappa shape index (κ2) is 6.18. The van der Waals surface area contributed by atoms with Crippen molar-refractivity contribution in [2.24, 2.45) is 0 Å². The van der Waals surface area contributed by atoms with Crippen LogP contribution in [0.2, 0.25) is 0 Å². The molecule has 3 N–H and O–H groups in total. The first kappa shape index (κ1) is 15.6. The number of nitrogens with two attached hydrogens (primary N) is 1. The number of rotatable bonds is 4. The second-order valence-electron chi connectivity index (χ2n) is 5.72. The van der Waals surface area contributed by atoms with Crippen molar-refractivity contribution < 1.29 is 4.74 Å². The number of aromatic amines is 1. The molecule has 0 aliphatic heterocycles. The van der Waals surface area contributed by atoms with Crippen molar-refractivity contribution in [1.29, 1.82) is 5.26 Å². The Balaban J connectivity index is 1.62. The van der Waals surface area contributed by atoms with Crippen LogP contribution in [0.4, 0.5) is 5.82 Å². The summed E-state index contributed by atoms with van der Waals surface area (Å²) in [6, 6.07) is 9.35. The van der Waals surface area contributed by atoms with Crippen LogP contribution in [0.15, 0.2) is 36.8 Å². The molecule has 0 radical (unpaired) electrons. The number of benzene rings is 1. The van der Waals surface area contributed by atoms with Crippen LogP contribution in [0.1, 0.15) is 16.8 Å². The third kappa shape index (κ3) is 2.80. The normalized spacial score (nSPS) is 10.8. The summed E-state index contributed by atoms with van der Waals surface area (Å²) in [5.41, 5.74) is 9.74. The van der Waals surface area contributed by atoms with E-state index in [1.54, 1.807) is 18.5 Å². The fraction of sp³-hybridized carbons (Fsp3) is 0.118. The van der Waals surface area contributed by atoms with Crippen molar-refractivity contribution in [2.75, 3.05) is 5.73 Å². The number of anilines is 1. The van der Waals surface area contributed by atoms with E-state index in [1.807, 2.05) is 29.8 Å². The van der Waals surface area contributed by atoms with Crippen molar-refractivity contribution in [1.82, 2.24) is 29.9 Å². The molecule has 0 saturated heterocycles. The van der Waals surface area contributed by atoms with Crippen LogP contribution >= 0.6 is 0 Å². The van der Waals surface area contributed by atoms with Gasteiger partial charge in [-0.3, -0.25) is 0 Å². The highest BCUT2D eigenvalue weighted by molar-refractivity contribution is 5.78. The first-order valence-electron chi connectivity index (χ1n) is 7.78. The number of ether oxygens (including phenoxy) is 1. The van der Waals surface area contributed by atoms with Gasteiger partial charge in [0.05, 0.1) is 23.7 Å². The molecule has 0 spiro atoms. The number of pyridine rings is 1. The van der Waals surface area contributed by atoms with E-state index in [9.17, 15) is 5.26 Å². The largest absolute Gasteiger partial charge is 0.486 e. The molecule has 3 aromatic heterocycles. The third-order valence-corrected chi connectivity index (χ3v) is 3.89. The van der Waals surface area contributed by atoms with Gasteiger partial charge in [0.25, 0.3) is 0 Å². The zero-order valence-electron chi connectivity index (χ0n) is 13.8.